The number of rotatable bonds is 1. The summed E-state index contributed by atoms with van der Waals surface area (Å²) < 4.78 is 0. The fraction of sp³-hybridized carbons (Fsp3) is 0.500. The molecular weight excluding hydrogens is 114 g/mol. The van der Waals surface area contributed by atoms with Crippen molar-refractivity contribution in [3.05, 3.63) is 0 Å². The molecule has 0 saturated heterocycles. The lowest BCUT2D eigenvalue weighted by atomic mass is 10.7. The fourth-order valence-corrected chi connectivity index (χ4v) is 0.134. The Morgan fingerprint density at radius 2 is 2.00 bits per heavy atom. The van der Waals surface area contributed by atoms with Crippen molar-refractivity contribution in [3.63, 3.8) is 0 Å². The van der Waals surface area contributed by atoms with E-state index >= 15 is 0 Å². The molecule has 0 rings (SSSR count). The van der Waals surface area contributed by atoms with Crippen LogP contribution in [0.25, 0.3) is 0 Å². The van der Waals surface area contributed by atoms with Gasteiger partial charge in [-0.05, 0) is 13.6 Å². The van der Waals surface area contributed by atoms with Gasteiger partial charge in [0.05, 0.1) is 0 Å². The van der Waals surface area contributed by atoms with Crippen LogP contribution in [0.4, 0.5) is 0 Å². The van der Waals surface area contributed by atoms with Crippen LogP contribution in [0.3, 0.4) is 0 Å². The summed E-state index contributed by atoms with van der Waals surface area (Å²) in [6, 6.07) is 0. The molecule has 0 saturated carbocycles. The largest absolute Gasteiger partial charge is 0.289 e. The second kappa shape index (κ2) is 10.1. The van der Waals surface area contributed by atoms with Gasteiger partial charge in [0.2, 0.25) is 0 Å². The van der Waals surface area contributed by atoms with Crippen LogP contribution in [0.2, 0.25) is 0 Å². The maximum Gasteiger partial charge on any atom is 0.126 e. The smallest absolute Gasteiger partial charge is 0.126 e. The monoisotopic (exact) mass is 127 g/mol. The topological polar surface area (TPSA) is 48.6 Å². The Balaban J connectivity index is 0. The molecule has 0 atom stereocenters. The molecule has 0 aliphatic carbocycles. The summed E-state index contributed by atoms with van der Waals surface area (Å²) in [5.41, 5.74) is 0. The van der Waals surface area contributed by atoms with E-state index in [1.807, 2.05) is 13.8 Å². The second-order valence-electron chi connectivity index (χ2n) is 0.964. The third kappa shape index (κ3) is 10.9. The molecule has 0 aromatic rings. The zero-order valence-corrected chi connectivity index (χ0v) is 6.18. The molecule has 0 bridgehead atoms. The van der Waals surface area contributed by atoms with E-state index in [1.165, 1.54) is 0 Å². The summed E-state index contributed by atoms with van der Waals surface area (Å²) >= 11 is 0. The van der Waals surface area contributed by atoms with Crippen molar-refractivity contribution in [2.24, 2.45) is 9.98 Å². The summed E-state index contributed by atoms with van der Waals surface area (Å²) in [5.74, 6) is 0.523. The van der Waals surface area contributed by atoms with Crippen molar-refractivity contribution in [1.29, 1.82) is 5.41 Å². The van der Waals surface area contributed by atoms with E-state index in [0.29, 0.717) is 5.84 Å². The van der Waals surface area contributed by atoms with Gasteiger partial charge in [-0.25, -0.2) is 9.98 Å². The number of nitrogens with one attached hydrogen (secondary N) is 1. The Kier molecular flexibility index (Phi) is 12.2. The summed E-state index contributed by atoms with van der Waals surface area (Å²) in [6.07, 6.45) is 0.935. The van der Waals surface area contributed by atoms with Crippen LogP contribution in [0, 0.1) is 5.41 Å². The summed E-state index contributed by atoms with van der Waals surface area (Å²) in [4.78, 5) is 6.90. The van der Waals surface area contributed by atoms with Gasteiger partial charge in [-0.1, -0.05) is 13.8 Å². The Labute approximate surface area is 56.0 Å². The predicted molar refractivity (Wildman–Crippen MR) is 42.8 cm³/mol. The third-order valence-electron chi connectivity index (χ3n) is 0.480. The van der Waals surface area contributed by atoms with Crippen molar-refractivity contribution in [2.45, 2.75) is 20.8 Å². The molecule has 0 aliphatic rings. The van der Waals surface area contributed by atoms with E-state index in [-0.39, 0.29) is 0 Å². The van der Waals surface area contributed by atoms with Gasteiger partial charge in [-0.2, -0.15) is 0 Å². The van der Waals surface area contributed by atoms with Crippen molar-refractivity contribution in [1.82, 2.24) is 0 Å². The van der Waals surface area contributed by atoms with Crippen LogP contribution >= 0.6 is 0 Å². The number of aliphatic imine (C=N–C) groups is 2. The Bertz CT molecular complexity index is 105. The lowest BCUT2D eigenvalue weighted by molar-refractivity contribution is 1.48. The number of amidine groups is 1. The summed E-state index contributed by atoms with van der Waals surface area (Å²) in [6.45, 7) is 8.87. The standard InChI is InChI=1S/C4H7N3.C2H6/c1-4(6-2)7-3-5;1-2/h3,5H,2H2,1H3;1-2H3. The number of hydrogen-bond acceptors (Lipinski definition) is 1. The number of hydrogen-bond donors (Lipinski definition) is 1. The van der Waals surface area contributed by atoms with Crippen LogP contribution < -0.4 is 0 Å². The van der Waals surface area contributed by atoms with E-state index < -0.39 is 0 Å². The fourth-order valence-electron chi connectivity index (χ4n) is 0.134. The van der Waals surface area contributed by atoms with Gasteiger partial charge in [-0.3, -0.25) is 5.41 Å². The molecule has 3 heteroatoms. The molecule has 3 nitrogen and oxygen atoms in total. The zero-order valence-electron chi connectivity index (χ0n) is 6.18. The molecule has 0 unspecified atom stereocenters. The van der Waals surface area contributed by atoms with Crippen molar-refractivity contribution in [2.75, 3.05) is 0 Å². The molecule has 52 valence electrons. The first-order valence-corrected chi connectivity index (χ1v) is 2.81. The summed E-state index contributed by atoms with van der Waals surface area (Å²) in [7, 11) is 0. The Morgan fingerprint density at radius 1 is 1.56 bits per heavy atom. The average molecular weight is 127 g/mol. The maximum absolute atomic E-state index is 6.44. The van der Waals surface area contributed by atoms with Crippen LogP contribution in [-0.4, -0.2) is 18.9 Å². The van der Waals surface area contributed by atoms with Crippen LogP contribution in [0.5, 0.6) is 0 Å². The lowest BCUT2D eigenvalue weighted by Gasteiger charge is -1.78. The first-order valence-electron chi connectivity index (χ1n) is 2.81. The minimum atomic E-state index is 0.523. The molecule has 0 aromatic heterocycles. The third-order valence-corrected chi connectivity index (χ3v) is 0.480. The molecule has 9 heavy (non-hydrogen) atoms. The highest BCUT2D eigenvalue weighted by atomic mass is 14.9. The van der Waals surface area contributed by atoms with E-state index in [1.54, 1.807) is 6.92 Å². The van der Waals surface area contributed by atoms with E-state index in [2.05, 4.69) is 16.7 Å². The molecule has 0 amide bonds. The number of nitrogens with zero attached hydrogens (tertiary/aromatic N) is 2. The van der Waals surface area contributed by atoms with Crippen LogP contribution in [0.1, 0.15) is 20.8 Å². The normalized spacial score (nSPS) is 9.00. The zero-order chi connectivity index (χ0) is 7.70. The van der Waals surface area contributed by atoms with Crippen molar-refractivity contribution < 1.29 is 0 Å². The van der Waals surface area contributed by atoms with Gasteiger partial charge >= 0.3 is 0 Å². The summed E-state index contributed by atoms with van der Waals surface area (Å²) in [5, 5.41) is 6.44. The molecule has 0 heterocycles. The highest BCUT2D eigenvalue weighted by molar-refractivity contribution is 5.89. The molecule has 0 aromatic carbocycles. The van der Waals surface area contributed by atoms with E-state index in [9.17, 15) is 0 Å². The Hall–Kier alpha value is -0.990. The average Bonchev–Trinajstić information content (AvgIpc) is 1.93. The quantitative estimate of drug-likeness (QED) is 0.412. The van der Waals surface area contributed by atoms with E-state index in [0.717, 1.165) is 6.34 Å². The molecule has 0 aliphatic heterocycles. The van der Waals surface area contributed by atoms with Gasteiger partial charge in [-0.15, -0.1) is 0 Å². The molecule has 0 spiro atoms. The van der Waals surface area contributed by atoms with Gasteiger partial charge in [0.15, 0.2) is 0 Å². The Morgan fingerprint density at radius 3 is 2.11 bits per heavy atom. The van der Waals surface area contributed by atoms with Gasteiger partial charge < -0.3 is 0 Å². The van der Waals surface area contributed by atoms with Crippen LogP contribution in [-0.2, 0) is 0 Å². The molecule has 0 radical (unpaired) electrons. The first-order chi connectivity index (χ1) is 4.31. The van der Waals surface area contributed by atoms with Gasteiger partial charge in [0.25, 0.3) is 0 Å². The van der Waals surface area contributed by atoms with Gasteiger partial charge in [0, 0.05) is 0 Å². The molecule has 0 fully saturated rings. The lowest BCUT2D eigenvalue weighted by Crippen LogP contribution is -1.81. The maximum atomic E-state index is 6.44. The minimum Gasteiger partial charge on any atom is -0.289 e. The van der Waals surface area contributed by atoms with Crippen LogP contribution in [0.15, 0.2) is 9.98 Å². The van der Waals surface area contributed by atoms with Crippen molar-refractivity contribution >= 4 is 18.9 Å². The second-order valence-corrected chi connectivity index (χ2v) is 0.964. The molecular formula is C6H13N3. The minimum absolute atomic E-state index is 0.523. The highest BCUT2D eigenvalue weighted by Crippen LogP contribution is 1.70. The van der Waals surface area contributed by atoms with E-state index in [4.69, 9.17) is 5.41 Å². The predicted octanol–water partition coefficient (Wildman–Crippen LogP) is 1.74. The first kappa shape index (κ1) is 10.9. The SMILES string of the molecule is C=NC(C)=NC=N.CC. The molecule has 1 N–H and O–H groups in total. The highest BCUT2D eigenvalue weighted by Gasteiger charge is 1.72. The van der Waals surface area contributed by atoms with Crippen molar-refractivity contribution in [3.8, 4) is 0 Å². The van der Waals surface area contributed by atoms with Gasteiger partial charge in [0.1, 0.15) is 12.2 Å².